The molecule has 1 atom stereocenters. The molecule has 1 aliphatic heterocycles. The molecule has 6 nitrogen and oxygen atoms in total. The van der Waals surface area contributed by atoms with Crippen molar-refractivity contribution < 1.29 is 27.7 Å². The van der Waals surface area contributed by atoms with Crippen LogP contribution in [-0.2, 0) is 6.42 Å². The number of rotatable bonds is 5. The van der Waals surface area contributed by atoms with Crippen molar-refractivity contribution in [2.75, 3.05) is 5.32 Å². The molecule has 1 aliphatic rings. The fraction of sp³-hybridized carbons (Fsp3) is 0.0870. The van der Waals surface area contributed by atoms with Crippen LogP contribution in [0.25, 0.3) is 11.3 Å². The van der Waals surface area contributed by atoms with E-state index < -0.39 is 23.4 Å². The highest BCUT2D eigenvalue weighted by Crippen LogP contribution is 2.36. The van der Waals surface area contributed by atoms with Gasteiger partial charge in [0.1, 0.15) is 23.5 Å². The largest absolute Gasteiger partial charge is 0.505 e. The van der Waals surface area contributed by atoms with E-state index in [9.17, 15) is 18.7 Å². The standard InChI is InChI=1S/C23H15F2N3O3S/c24-15-7-1-2-9-19(15)32-22-21-26-16(11-13-5-4-10-31-13)23(30)28(21)12-17(27-22)14-6-3-8-18(29)20(14)25/h1-10,12,16,29H,11H2/p+1. The van der Waals surface area contributed by atoms with E-state index in [1.54, 1.807) is 30.3 Å². The van der Waals surface area contributed by atoms with E-state index in [0.717, 1.165) is 11.8 Å². The molecule has 4 aromatic rings. The Labute approximate surface area is 185 Å². The lowest BCUT2D eigenvalue weighted by Gasteiger charge is -2.08. The number of halogens is 2. The minimum Gasteiger partial charge on any atom is -0.505 e. The summed E-state index contributed by atoms with van der Waals surface area (Å²) in [6.45, 7) is 0. The number of anilines is 1. The first-order valence-electron chi connectivity index (χ1n) is 9.71. The summed E-state index contributed by atoms with van der Waals surface area (Å²) in [4.78, 5) is 17.9. The quantitative estimate of drug-likeness (QED) is 0.436. The van der Waals surface area contributed by atoms with Gasteiger partial charge >= 0.3 is 11.7 Å². The van der Waals surface area contributed by atoms with Gasteiger partial charge < -0.3 is 9.52 Å². The summed E-state index contributed by atoms with van der Waals surface area (Å²) in [5, 5.41) is 13.2. The van der Waals surface area contributed by atoms with E-state index in [2.05, 4.69) is 10.3 Å². The van der Waals surface area contributed by atoms with Crippen LogP contribution in [0.2, 0.25) is 0 Å². The minimum absolute atomic E-state index is 0.0259. The lowest BCUT2D eigenvalue weighted by atomic mass is 10.1. The van der Waals surface area contributed by atoms with Crippen molar-refractivity contribution in [3.63, 3.8) is 0 Å². The third-order valence-corrected chi connectivity index (χ3v) is 6.08. The maximum Gasteiger partial charge on any atom is 0.359 e. The van der Waals surface area contributed by atoms with Gasteiger partial charge in [-0.3, -0.25) is 5.32 Å². The highest BCUT2D eigenvalue weighted by atomic mass is 32.2. The van der Waals surface area contributed by atoms with Gasteiger partial charge in [-0.25, -0.2) is 18.6 Å². The van der Waals surface area contributed by atoms with Crippen LogP contribution in [-0.4, -0.2) is 22.0 Å². The molecule has 0 radical (unpaired) electrons. The topological polar surface area (TPSA) is 79.2 Å². The Balaban J connectivity index is 1.61. The Morgan fingerprint density at radius 2 is 1.97 bits per heavy atom. The highest BCUT2D eigenvalue weighted by Gasteiger charge is 2.42. The van der Waals surface area contributed by atoms with Gasteiger partial charge in [0, 0.05) is 10.5 Å². The molecule has 0 fully saturated rings. The van der Waals surface area contributed by atoms with Gasteiger partial charge in [-0.15, -0.1) is 0 Å². The van der Waals surface area contributed by atoms with E-state index in [4.69, 9.17) is 4.42 Å². The maximum atomic E-state index is 14.6. The molecule has 0 saturated carbocycles. The molecule has 1 unspecified atom stereocenters. The minimum atomic E-state index is -0.854. The van der Waals surface area contributed by atoms with E-state index in [1.807, 2.05) is 0 Å². The van der Waals surface area contributed by atoms with Crippen LogP contribution in [0.1, 0.15) is 10.6 Å². The summed E-state index contributed by atoms with van der Waals surface area (Å²) < 4.78 is 35.6. The van der Waals surface area contributed by atoms with Gasteiger partial charge in [-0.05, 0) is 36.4 Å². The average molecular weight is 452 g/mol. The summed E-state index contributed by atoms with van der Waals surface area (Å²) in [6, 6.07) is 13.2. The number of aromatic hydroxyl groups is 1. The van der Waals surface area contributed by atoms with Crippen LogP contribution in [0.15, 0.2) is 81.4 Å². The number of aromatic nitrogens is 2. The van der Waals surface area contributed by atoms with Crippen LogP contribution in [0.3, 0.4) is 0 Å². The lowest BCUT2D eigenvalue weighted by molar-refractivity contribution is -0.554. The van der Waals surface area contributed by atoms with Crippen LogP contribution in [0, 0.1) is 11.6 Å². The van der Waals surface area contributed by atoms with E-state index in [0.29, 0.717) is 27.9 Å². The SMILES string of the molecule is O=C1C(Cc2ccco2)Nc2c(Sc3ccccc3F)nc(-c3cccc(O)c3F)c[n+]21. The van der Waals surface area contributed by atoms with Crippen LogP contribution in [0.4, 0.5) is 14.6 Å². The first-order chi connectivity index (χ1) is 15.5. The van der Waals surface area contributed by atoms with Crippen molar-refractivity contribution in [3.8, 4) is 17.0 Å². The van der Waals surface area contributed by atoms with Crippen molar-refractivity contribution in [1.29, 1.82) is 0 Å². The zero-order chi connectivity index (χ0) is 22.2. The number of nitrogens with one attached hydrogen (secondary N) is 1. The lowest BCUT2D eigenvalue weighted by Crippen LogP contribution is -2.43. The maximum absolute atomic E-state index is 14.6. The Kier molecular flexibility index (Phi) is 5.10. The average Bonchev–Trinajstić information content (AvgIpc) is 3.41. The number of phenols is 1. The fourth-order valence-corrected chi connectivity index (χ4v) is 4.42. The molecule has 9 heteroatoms. The van der Waals surface area contributed by atoms with Crippen LogP contribution < -0.4 is 9.88 Å². The second-order valence-electron chi connectivity index (χ2n) is 7.14. The molecule has 2 N–H and O–H groups in total. The third-order valence-electron chi connectivity index (χ3n) is 5.05. The van der Waals surface area contributed by atoms with Gasteiger partial charge in [0.05, 0.1) is 12.7 Å². The summed E-state index contributed by atoms with van der Waals surface area (Å²) in [7, 11) is 0. The molecule has 5 rings (SSSR count). The van der Waals surface area contributed by atoms with Gasteiger partial charge in [-0.2, -0.15) is 4.57 Å². The zero-order valence-electron chi connectivity index (χ0n) is 16.5. The first kappa shape index (κ1) is 20.2. The Morgan fingerprint density at radius 1 is 1.12 bits per heavy atom. The van der Waals surface area contributed by atoms with Crippen molar-refractivity contribution >= 4 is 23.5 Å². The molecule has 2 aromatic carbocycles. The monoisotopic (exact) mass is 452 g/mol. The second kappa shape index (κ2) is 8.08. The summed E-state index contributed by atoms with van der Waals surface area (Å²) >= 11 is 1.02. The zero-order valence-corrected chi connectivity index (χ0v) is 17.3. The van der Waals surface area contributed by atoms with E-state index in [1.165, 1.54) is 41.3 Å². The van der Waals surface area contributed by atoms with Crippen LogP contribution in [0.5, 0.6) is 5.75 Å². The van der Waals surface area contributed by atoms with E-state index in [-0.39, 0.29) is 17.2 Å². The Morgan fingerprint density at radius 3 is 2.75 bits per heavy atom. The molecule has 2 aromatic heterocycles. The number of hydrogen-bond acceptors (Lipinski definition) is 6. The second-order valence-corrected chi connectivity index (χ2v) is 8.17. The summed E-state index contributed by atoms with van der Waals surface area (Å²) in [5.41, 5.74) is 0.160. The van der Waals surface area contributed by atoms with E-state index >= 15 is 0 Å². The molecule has 0 saturated heterocycles. The van der Waals surface area contributed by atoms with Crippen molar-refractivity contribution in [2.45, 2.75) is 22.4 Å². The molecule has 0 spiro atoms. The van der Waals surface area contributed by atoms with Gasteiger partial charge in [0.15, 0.2) is 16.6 Å². The normalized spacial score (nSPS) is 14.9. The molecular weight excluding hydrogens is 436 g/mol. The van der Waals surface area contributed by atoms with Crippen molar-refractivity contribution in [1.82, 2.24) is 4.98 Å². The highest BCUT2D eigenvalue weighted by molar-refractivity contribution is 7.99. The number of hydrogen-bond donors (Lipinski definition) is 2. The number of carbonyl (C=O) groups excluding carboxylic acids is 1. The van der Waals surface area contributed by atoms with Crippen molar-refractivity contribution in [2.24, 2.45) is 0 Å². The number of fused-ring (bicyclic) bond motifs is 1. The molecule has 0 bridgehead atoms. The molecule has 0 aliphatic carbocycles. The summed E-state index contributed by atoms with van der Waals surface area (Å²) in [6.07, 6.45) is 3.24. The smallest absolute Gasteiger partial charge is 0.359 e. The third kappa shape index (κ3) is 3.60. The molecule has 32 heavy (non-hydrogen) atoms. The number of phenolic OH excluding ortho intramolecular Hbond substituents is 1. The first-order valence-corrected chi connectivity index (χ1v) is 10.5. The van der Waals surface area contributed by atoms with Crippen molar-refractivity contribution in [3.05, 3.63) is 84.5 Å². The predicted molar refractivity (Wildman–Crippen MR) is 112 cm³/mol. The Bertz CT molecular complexity index is 1330. The molecular formula is C23H16F2N3O3S+. The van der Waals surface area contributed by atoms with Gasteiger partial charge in [0.25, 0.3) is 0 Å². The molecule has 0 amide bonds. The number of furan rings is 1. The number of nitrogens with zero attached hydrogens (tertiary/aromatic N) is 2. The fourth-order valence-electron chi connectivity index (χ4n) is 3.50. The molecule has 3 heterocycles. The van der Waals surface area contributed by atoms with Crippen LogP contribution >= 0.6 is 11.8 Å². The number of benzene rings is 2. The predicted octanol–water partition coefficient (Wildman–Crippen LogP) is 4.44. The van der Waals surface area contributed by atoms with Gasteiger partial charge in [0.2, 0.25) is 6.04 Å². The molecule has 160 valence electrons. The number of carbonyl (C=O) groups is 1. The summed E-state index contributed by atoms with van der Waals surface area (Å²) in [5.74, 6) is -1.10. The Hall–Kier alpha value is -3.72. The van der Waals surface area contributed by atoms with Gasteiger partial charge in [-0.1, -0.05) is 30.0 Å².